The van der Waals surface area contributed by atoms with Gasteiger partial charge in [0.05, 0.1) is 15.0 Å². The minimum atomic E-state index is -0.491. The smallest absolute Gasteiger partial charge is 0.270 e. The lowest BCUT2D eigenvalue weighted by Crippen LogP contribution is -2.02. The quantitative estimate of drug-likeness (QED) is 0.522. The molecule has 9 heteroatoms. The molecule has 0 saturated carbocycles. The van der Waals surface area contributed by atoms with Crippen molar-refractivity contribution in [2.45, 2.75) is 0 Å². The van der Waals surface area contributed by atoms with Crippen molar-refractivity contribution >= 4 is 40.7 Å². The fourth-order valence-electron chi connectivity index (χ4n) is 2.43. The zero-order valence-electron chi connectivity index (χ0n) is 12.6. The highest BCUT2D eigenvalue weighted by Crippen LogP contribution is 2.41. The van der Waals surface area contributed by atoms with Crippen LogP contribution in [-0.2, 0) is 0 Å². The molecular weight excluding hydrogens is 365 g/mol. The second-order valence-electron chi connectivity index (χ2n) is 5.12. The second kappa shape index (κ2) is 6.54. The van der Waals surface area contributed by atoms with Gasteiger partial charge in [0, 0.05) is 29.5 Å². The van der Waals surface area contributed by atoms with E-state index in [2.05, 4.69) is 9.97 Å². The Morgan fingerprint density at radius 2 is 1.76 bits per heavy atom. The number of hydrogen-bond acceptors (Lipinski definition) is 6. The molecule has 0 aliphatic rings. The Morgan fingerprint density at radius 3 is 2.44 bits per heavy atom. The number of nitro benzene ring substituents is 1. The predicted octanol–water partition coefficient (Wildman–Crippen LogP) is 4.19. The molecule has 0 fully saturated rings. The molecule has 0 amide bonds. The fraction of sp³-hybridized carbons (Fsp3) is 0. The molecular formula is C16H11Cl2N5O2. The summed E-state index contributed by atoms with van der Waals surface area (Å²) in [5, 5.41) is 11.8. The third-order valence-corrected chi connectivity index (χ3v) is 4.40. The molecule has 0 radical (unpaired) electrons. The van der Waals surface area contributed by atoms with Gasteiger partial charge >= 0.3 is 0 Å². The summed E-state index contributed by atoms with van der Waals surface area (Å²) in [6.45, 7) is 0. The zero-order valence-corrected chi connectivity index (χ0v) is 14.1. The number of nitrogens with two attached hydrogens (primary N) is 2. The van der Waals surface area contributed by atoms with Crippen molar-refractivity contribution < 1.29 is 4.92 Å². The van der Waals surface area contributed by atoms with Gasteiger partial charge in [0.2, 0.25) is 5.95 Å². The molecule has 0 unspecified atom stereocenters. The van der Waals surface area contributed by atoms with Gasteiger partial charge in [-0.2, -0.15) is 4.98 Å². The first kappa shape index (κ1) is 16.9. The van der Waals surface area contributed by atoms with Gasteiger partial charge in [-0.25, -0.2) is 4.98 Å². The van der Waals surface area contributed by atoms with Crippen LogP contribution >= 0.6 is 23.2 Å². The Labute approximate surface area is 152 Å². The van der Waals surface area contributed by atoms with Crippen molar-refractivity contribution in [3.8, 4) is 22.3 Å². The summed E-state index contributed by atoms with van der Waals surface area (Å²) in [4.78, 5) is 18.6. The highest BCUT2D eigenvalue weighted by Gasteiger charge is 2.19. The maximum atomic E-state index is 11.2. The molecule has 7 nitrogen and oxygen atoms in total. The third-order valence-electron chi connectivity index (χ3n) is 3.58. The lowest BCUT2D eigenvalue weighted by Gasteiger charge is -2.13. The number of halogens is 2. The number of benzene rings is 2. The van der Waals surface area contributed by atoms with Crippen molar-refractivity contribution in [3.63, 3.8) is 0 Å². The molecule has 0 aliphatic carbocycles. The minimum Gasteiger partial charge on any atom is -0.383 e. The van der Waals surface area contributed by atoms with Gasteiger partial charge in [0.1, 0.15) is 5.82 Å². The lowest BCUT2D eigenvalue weighted by atomic mass is 9.95. The molecule has 0 saturated heterocycles. The van der Waals surface area contributed by atoms with Gasteiger partial charge < -0.3 is 11.5 Å². The first-order chi connectivity index (χ1) is 11.9. The van der Waals surface area contributed by atoms with Crippen LogP contribution in [0.25, 0.3) is 22.3 Å². The van der Waals surface area contributed by atoms with Crippen LogP contribution in [0.4, 0.5) is 17.5 Å². The van der Waals surface area contributed by atoms with Gasteiger partial charge in [-0.1, -0.05) is 35.3 Å². The van der Waals surface area contributed by atoms with Crippen molar-refractivity contribution in [2.24, 2.45) is 0 Å². The van der Waals surface area contributed by atoms with Crippen LogP contribution in [0.3, 0.4) is 0 Å². The summed E-state index contributed by atoms with van der Waals surface area (Å²) >= 11 is 12.4. The zero-order chi connectivity index (χ0) is 18.1. The summed E-state index contributed by atoms with van der Waals surface area (Å²) in [5.41, 5.74) is 13.5. The number of rotatable bonds is 3. The predicted molar refractivity (Wildman–Crippen MR) is 98.4 cm³/mol. The highest BCUT2D eigenvalue weighted by atomic mass is 35.5. The van der Waals surface area contributed by atoms with Crippen LogP contribution in [-0.4, -0.2) is 14.9 Å². The Balaban J connectivity index is 2.33. The highest BCUT2D eigenvalue weighted by molar-refractivity contribution is 6.43. The number of non-ortho nitro benzene ring substituents is 1. The number of nitrogen functional groups attached to an aromatic ring is 2. The number of anilines is 2. The van der Waals surface area contributed by atoms with E-state index in [9.17, 15) is 10.1 Å². The van der Waals surface area contributed by atoms with E-state index in [0.717, 1.165) is 0 Å². The summed E-state index contributed by atoms with van der Waals surface area (Å²) in [6, 6.07) is 9.39. The second-order valence-corrected chi connectivity index (χ2v) is 5.90. The standard InChI is InChI=1S/C16H11Cl2N5O2/c17-13-3-1-2-10(14(13)18)11-6-8(23(24)25)4-5-9(11)12-7-21-16(20)22-15(12)19/h1-7H,(H4,19,20,21,22). The first-order valence-electron chi connectivity index (χ1n) is 6.99. The number of nitrogens with zero attached hydrogens (tertiary/aromatic N) is 3. The van der Waals surface area contributed by atoms with Gasteiger partial charge in [0.25, 0.3) is 5.69 Å². The largest absolute Gasteiger partial charge is 0.383 e. The third kappa shape index (κ3) is 3.19. The molecule has 0 spiro atoms. The van der Waals surface area contributed by atoms with Gasteiger partial charge in [0.15, 0.2) is 0 Å². The van der Waals surface area contributed by atoms with Crippen LogP contribution in [0.2, 0.25) is 10.0 Å². The van der Waals surface area contributed by atoms with E-state index >= 15 is 0 Å². The Bertz CT molecular complexity index is 994. The van der Waals surface area contributed by atoms with Crippen LogP contribution in [0, 0.1) is 10.1 Å². The Morgan fingerprint density at radius 1 is 1.00 bits per heavy atom. The van der Waals surface area contributed by atoms with Gasteiger partial charge in [-0.05, 0) is 23.3 Å². The Hall–Kier alpha value is -2.90. The van der Waals surface area contributed by atoms with Crippen molar-refractivity contribution in [1.29, 1.82) is 0 Å². The molecule has 3 rings (SSSR count). The van der Waals surface area contributed by atoms with Gasteiger partial charge in [-0.3, -0.25) is 10.1 Å². The first-order valence-corrected chi connectivity index (χ1v) is 7.75. The maximum absolute atomic E-state index is 11.2. The van der Waals surface area contributed by atoms with Crippen molar-refractivity contribution in [3.05, 3.63) is 62.8 Å². The van der Waals surface area contributed by atoms with E-state index in [4.69, 9.17) is 34.7 Å². The lowest BCUT2D eigenvalue weighted by molar-refractivity contribution is -0.384. The van der Waals surface area contributed by atoms with E-state index in [1.54, 1.807) is 24.3 Å². The SMILES string of the molecule is Nc1ncc(-c2ccc([N+](=O)[O-])cc2-c2cccc(Cl)c2Cl)c(N)n1. The average Bonchev–Trinajstić information content (AvgIpc) is 2.57. The van der Waals surface area contributed by atoms with Crippen LogP contribution in [0.1, 0.15) is 0 Å². The molecule has 1 heterocycles. The molecule has 25 heavy (non-hydrogen) atoms. The number of aromatic nitrogens is 2. The molecule has 0 atom stereocenters. The van der Waals surface area contributed by atoms with E-state index in [1.807, 2.05) is 0 Å². The van der Waals surface area contributed by atoms with Crippen LogP contribution < -0.4 is 11.5 Å². The van der Waals surface area contributed by atoms with Crippen molar-refractivity contribution in [1.82, 2.24) is 9.97 Å². The number of hydrogen-bond donors (Lipinski definition) is 2. The molecule has 0 aliphatic heterocycles. The average molecular weight is 376 g/mol. The molecule has 126 valence electrons. The van der Waals surface area contributed by atoms with E-state index in [1.165, 1.54) is 18.3 Å². The van der Waals surface area contributed by atoms with E-state index < -0.39 is 4.92 Å². The molecule has 0 bridgehead atoms. The molecule has 2 aromatic carbocycles. The van der Waals surface area contributed by atoms with Crippen LogP contribution in [0.5, 0.6) is 0 Å². The summed E-state index contributed by atoms with van der Waals surface area (Å²) in [7, 11) is 0. The van der Waals surface area contributed by atoms with E-state index in [-0.39, 0.29) is 22.5 Å². The monoisotopic (exact) mass is 375 g/mol. The normalized spacial score (nSPS) is 10.6. The van der Waals surface area contributed by atoms with Crippen molar-refractivity contribution in [2.75, 3.05) is 11.5 Å². The fourth-order valence-corrected chi connectivity index (χ4v) is 2.83. The molecule has 1 aromatic heterocycles. The summed E-state index contributed by atoms with van der Waals surface area (Å²) in [6.07, 6.45) is 1.46. The molecule has 3 aromatic rings. The summed E-state index contributed by atoms with van der Waals surface area (Å²) < 4.78 is 0. The van der Waals surface area contributed by atoms with E-state index in [0.29, 0.717) is 27.3 Å². The van der Waals surface area contributed by atoms with Gasteiger partial charge in [-0.15, -0.1) is 0 Å². The Kier molecular flexibility index (Phi) is 4.43. The van der Waals surface area contributed by atoms with Crippen LogP contribution in [0.15, 0.2) is 42.6 Å². The maximum Gasteiger partial charge on any atom is 0.270 e. The molecule has 4 N–H and O–H groups in total. The topological polar surface area (TPSA) is 121 Å². The minimum absolute atomic E-state index is 0.0329. The summed E-state index contributed by atoms with van der Waals surface area (Å²) in [5.74, 6) is 0.186. The number of nitro groups is 1.